The fraction of sp³-hybridized carbons (Fsp3) is 0.304. The molecule has 2 aromatic carbocycles. The molecule has 0 atom stereocenters. The van der Waals surface area contributed by atoms with Crippen LogP contribution in [-0.4, -0.2) is 42.1 Å². The van der Waals surface area contributed by atoms with Crippen molar-refractivity contribution in [1.82, 2.24) is 14.1 Å². The lowest BCUT2D eigenvalue weighted by Gasteiger charge is -2.28. The van der Waals surface area contributed by atoms with E-state index in [1.807, 2.05) is 37.4 Å². The van der Waals surface area contributed by atoms with Crippen LogP contribution in [0, 0.1) is 0 Å². The van der Waals surface area contributed by atoms with Gasteiger partial charge in [-0.3, -0.25) is 9.48 Å². The topological polar surface area (TPSA) is 84.7 Å². The summed E-state index contributed by atoms with van der Waals surface area (Å²) in [6.07, 6.45) is 0.555. The molecule has 1 aliphatic rings. The summed E-state index contributed by atoms with van der Waals surface area (Å²) in [5.74, 6) is 0.499. The van der Waals surface area contributed by atoms with Crippen LogP contribution in [0.2, 0.25) is 0 Å². The van der Waals surface area contributed by atoms with Crippen LogP contribution in [0.25, 0.3) is 0 Å². The molecule has 4 rings (SSSR count). The number of hydrogen-bond acceptors (Lipinski definition) is 5. The number of hydrogen-bond donors (Lipinski definition) is 0. The first-order chi connectivity index (χ1) is 15.3. The minimum atomic E-state index is -3.67. The Hall–Kier alpha value is -3.17. The predicted octanol–water partition coefficient (Wildman–Crippen LogP) is 2.73. The lowest BCUT2D eigenvalue weighted by Crippen LogP contribution is -2.37. The van der Waals surface area contributed by atoms with Crippen LogP contribution < -0.4 is 9.64 Å². The molecular formula is C23H26N4O4S. The molecule has 0 N–H and O–H groups in total. The average molecular weight is 455 g/mol. The van der Waals surface area contributed by atoms with E-state index in [9.17, 15) is 13.2 Å². The third-order valence-electron chi connectivity index (χ3n) is 5.74. The van der Waals surface area contributed by atoms with Crippen LogP contribution in [0.4, 0.5) is 5.69 Å². The van der Waals surface area contributed by atoms with Crippen molar-refractivity contribution in [2.75, 3.05) is 18.6 Å². The van der Waals surface area contributed by atoms with Crippen molar-refractivity contribution in [2.45, 2.75) is 31.3 Å². The summed E-state index contributed by atoms with van der Waals surface area (Å²) in [6.45, 7) is 2.38. The Morgan fingerprint density at radius 1 is 1.12 bits per heavy atom. The highest BCUT2D eigenvalue weighted by Crippen LogP contribution is 2.29. The molecular weight excluding hydrogens is 428 g/mol. The first kappa shape index (κ1) is 22.0. The van der Waals surface area contributed by atoms with Gasteiger partial charge in [-0.15, -0.1) is 0 Å². The Morgan fingerprint density at radius 3 is 2.44 bits per heavy atom. The normalized spacial score (nSPS) is 14.1. The summed E-state index contributed by atoms with van der Waals surface area (Å²) in [6, 6.07) is 15.8. The second kappa shape index (κ2) is 8.76. The van der Waals surface area contributed by atoms with Gasteiger partial charge in [0.2, 0.25) is 15.9 Å². The zero-order valence-electron chi connectivity index (χ0n) is 18.4. The summed E-state index contributed by atoms with van der Waals surface area (Å²) < 4.78 is 34.9. The molecule has 2 heterocycles. The lowest BCUT2D eigenvalue weighted by molar-refractivity contribution is -0.116. The second-order valence-corrected chi connectivity index (χ2v) is 9.64. The fourth-order valence-corrected chi connectivity index (χ4v) is 5.42. The molecule has 0 fully saturated rings. The molecule has 32 heavy (non-hydrogen) atoms. The van der Waals surface area contributed by atoms with Crippen molar-refractivity contribution < 1.29 is 17.9 Å². The monoisotopic (exact) mass is 454 g/mol. The van der Waals surface area contributed by atoms with Gasteiger partial charge in [-0.1, -0.05) is 18.2 Å². The second-order valence-electron chi connectivity index (χ2n) is 7.70. The van der Waals surface area contributed by atoms with Crippen molar-refractivity contribution in [2.24, 2.45) is 7.05 Å². The zero-order valence-corrected chi connectivity index (χ0v) is 19.2. The number of fused-ring (bicyclic) bond motifs is 1. The van der Waals surface area contributed by atoms with Gasteiger partial charge in [0.1, 0.15) is 5.75 Å². The number of methoxy groups -OCH3 is 1. The standard InChI is InChI=1S/C23H26N4O4S/c1-17(28)27(18-7-5-4-6-8-18)16-22-21-15-26(14-13-23(21)25(2)24-22)32(29,30)20-11-9-19(31-3)10-12-20/h4-12H,13-16H2,1-3H3. The summed E-state index contributed by atoms with van der Waals surface area (Å²) >= 11 is 0. The van der Waals surface area contributed by atoms with Crippen LogP contribution in [-0.2, 0) is 41.4 Å². The molecule has 1 amide bonds. The molecule has 0 spiro atoms. The minimum Gasteiger partial charge on any atom is -0.497 e. The highest BCUT2D eigenvalue weighted by Gasteiger charge is 2.32. The van der Waals surface area contributed by atoms with E-state index >= 15 is 0 Å². The van der Waals surface area contributed by atoms with E-state index in [-0.39, 0.29) is 23.9 Å². The Labute approximate surface area is 188 Å². The number of rotatable bonds is 6. The van der Waals surface area contributed by atoms with Crippen LogP contribution >= 0.6 is 0 Å². The van der Waals surface area contributed by atoms with Crippen LogP contribution in [0.1, 0.15) is 23.9 Å². The van der Waals surface area contributed by atoms with E-state index in [1.54, 1.807) is 41.0 Å². The van der Waals surface area contributed by atoms with Crippen molar-refractivity contribution in [1.29, 1.82) is 0 Å². The fourth-order valence-electron chi connectivity index (χ4n) is 4.02. The van der Waals surface area contributed by atoms with E-state index in [0.717, 1.165) is 16.9 Å². The lowest BCUT2D eigenvalue weighted by atomic mass is 10.1. The number of aryl methyl sites for hydroxylation is 1. The van der Waals surface area contributed by atoms with Crippen LogP contribution in [0.3, 0.4) is 0 Å². The Balaban J connectivity index is 1.64. The Kier molecular flexibility index (Phi) is 6.03. The maximum atomic E-state index is 13.3. The molecule has 0 radical (unpaired) electrons. The number of anilines is 1. The molecule has 0 bridgehead atoms. The SMILES string of the molecule is COc1ccc(S(=O)(=O)N2CCc3c(c(CN(C(C)=O)c4ccccc4)nn3C)C2)cc1. The van der Waals surface area contributed by atoms with E-state index in [1.165, 1.54) is 11.2 Å². The van der Waals surface area contributed by atoms with Gasteiger partial charge in [0.25, 0.3) is 0 Å². The number of carbonyl (C=O) groups is 1. The van der Waals surface area contributed by atoms with Gasteiger partial charge in [0.05, 0.1) is 24.2 Å². The third kappa shape index (κ3) is 4.13. The molecule has 0 aliphatic carbocycles. The minimum absolute atomic E-state index is 0.103. The van der Waals surface area contributed by atoms with E-state index < -0.39 is 10.0 Å². The van der Waals surface area contributed by atoms with Gasteiger partial charge in [-0.25, -0.2) is 8.42 Å². The number of carbonyl (C=O) groups excluding carboxylic acids is 1. The molecule has 3 aromatic rings. The van der Waals surface area contributed by atoms with Gasteiger partial charge in [-0.05, 0) is 36.4 Å². The molecule has 0 unspecified atom stereocenters. The summed E-state index contributed by atoms with van der Waals surface area (Å²) in [5.41, 5.74) is 3.34. The number of ether oxygens (including phenoxy) is 1. The van der Waals surface area contributed by atoms with Crippen molar-refractivity contribution in [3.05, 3.63) is 71.5 Å². The van der Waals surface area contributed by atoms with Gasteiger partial charge in [0.15, 0.2) is 0 Å². The van der Waals surface area contributed by atoms with Crippen molar-refractivity contribution in [3.8, 4) is 5.75 Å². The zero-order chi connectivity index (χ0) is 22.9. The Bertz CT molecular complexity index is 1220. The summed E-state index contributed by atoms with van der Waals surface area (Å²) in [7, 11) is -0.275. The largest absolute Gasteiger partial charge is 0.497 e. The molecule has 168 valence electrons. The molecule has 8 nitrogen and oxygen atoms in total. The van der Waals surface area contributed by atoms with Gasteiger partial charge >= 0.3 is 0 Å². The summed E-state index contributed by atoms with van der Waals surface area (Å²) in [4.78, 5) is 14.2. The number of sulfonamides is 1. The number of nitrogens with zero attached hydrogens (tertiary/aromatic N) is 4. The number of para-hydroxylation sites is 1. The van der Waals surface area contributed by atoms with E-state index in [0.29, 0.717) is 24.4 Å². The number of aromatic nitrogens is 2. The van der Waals surface area contributed by atoms with Gasteiger partial charge < -0.3 is 9.64 Å². The Morgan fingerprint density at radius 2 is 1.81 bits per heavy atom. The molecule has 1 aliphatic heterocycles. The maximum Gasteiger partial charge on any atom is 0.243 e. The number of benzene rings is 2. The smallest absolute Gasteiger partial charge is 0.243 e. The summed E-state index contributed by atoms with van der Waals surface area (Å²) in [5, 5.41) is 4.64. The maximum absolute atomic E-state index is 13.3. The number of amides is 1. The highest BCUT2D eigenvalue weighted by molar-refractivity contribution is 7.89. The molecule has 9 heteroatoms. The first-order valence-corrected chi connectivity index (χ1v) is 11.8. The van der Waals surface area contributed by atoms with E-state index in [2.05, 4.69) is 5.10 Å². The molecule has 1 aromatic heterocycles. The average Bonchev–Trinajstić information content (AvgIpc) is 3.12. The van der Waals surface area contributed by atoms with E-state index in [4.69, 9.17) is 4.74 Å². The molecule has 0 saturated carbocycles. The van der Waals surface area contributed by atoms with Crippen LogP contribution in [0.5, 0.6) is 5.75 Å². The predicted molar refractivity (Wildman–Crippen MR) is 121 cm³/mol. The molecule has 0 saturated heterocycles. The third-order valence-corrected chi connectivity index (χ3v) is 7.60. The first-order valence-electron chi connectivity index (χ1n) is 10.3. The van der Waals surface area contributed by atoms with Crippen molar-refractivity contribution in [3.63, 3.8) is 0 Å². The quantitative estimate of drug-likeness (QED) is 0.572. The van der Waals surface area contributed by atoms with Gasteiger partial charge in [-0.2, -0.15) is 9.40 Å². The van der Waals surface area contributed by atoms with Crippen molar-refractivity contribution >= 4 is 21.6 Å². The van der Waals surface area contributed by atoms with Crippen LogP contribution in [0.15, 0.2) is 59.5 Å². The highest BCUT2D eigenvalue weighted by atomic mass is 32.2. The van der Waals surface area contributed by atoms with Gasteiger partial charge in [0, 0.05) is 50.4 Å².